The molecule has 0 saturated heterocycles. The van der Waals surface area contributed by atoms with Crippen LogP contribution in [0.25, 0.3) is 0 Å². The lowest BCUT2D eigenvalue weighted by Crippen LogP contribution is -2.08. The summed E-state index contributed by atoms with van der Waals surface area (Å²) in [6.45, 7) is 7.03. The fourth-order valence-corrected chi connectivity index (χ4v) is 2.86. The van der Waals surface area contributed by atoms with Gasteiger partial charge in [-0.3, -0.25) is 0 Å². The van der Waals surface area contributed by atoms with E-state index < -0.39 is 0 Å². The van der Waals surface area contributed by atoms with Crippen LogP contribution in [0.15, 0.2) is 54.6 Å². The molecule has 1 aromatic heterocycles. The first-order valence-electron chi connectivity index (χ1n) is 9.08. The first-order chi connectivity index (χ1) is 12.6. The Kier molecular flexibility index (Phi) is 5.84. The lowest BCUT2D eigenvalue weighted by Gasteiger charge is -2.12. The summed E-state index contributed by atoms with van der Waals surface area (Å²) < 4.78 is 0. The van der Waals surface area contributed by atoms with Crippen molar-refractivity contribution in [2.45, 2.75) is 33.6 Å². The first-order valence-corrected chi connectivity index (χ1v) is 9.08. The van der Waals surface area contributed by atoms with E-state index in [1.54, 1.807) is 0 Å². The van der Waals surface area contributed by atoms with Gasteiger partial charge in [0, 0.05) is 24.0 Å². The van der Waals surface area contributed by atoms with Crippen LogP contribution in [0.2, 0.25) is 0 Å². The van der Waals surface area contributed by atoms with Gasteiger partial charge in [0.25, 0.3) is 0 Å². The SMILES string of the molecule is Cc1ccc(C)c(Nc2cc(C)nc(NCCCc3ccccc3)n2)c1. The third kappa shape index (κ3) is 5.06. The number of hydrogen-bond acceptors (Lipinski definition) is 4. The fraction of sp³-hybridized carbons (Fsp3) is 0.273. The lowest BCUT2D eigenvalue weighted by molar-refractivity contribution is 0.851. The van der Waals surface area contributed by atoms with E-state index in [1.807, 2.05) is 19.1 Å². The Morgan fingerprint density at radius 3 is 2.50 bits per heavy atom. The molecule has 0 radical (unpaired) electrons. The van der Waals surface area contributed by atoms with Crippen LogP contribution in [0.5, 0.6) is 0 Å². The normalized spacial score (nSPS) is 10.6. The number of benzene rings is 2. The molecular weight excluding hydrogens is 320 g/mol. The van der Waals surface area contributed by atoms with Gasteiger partial charge in [0.15, 0.2) is 0 Å². The maximum absolute atomic E-state index is 4.61. The van der Waals surface area contributed by atoms with Crippen molar-refractivity contribution in [3.63, 3.8) is 0 Å². The van der Waals surface area contributed by atoms with Crippen LogP contribution in [-0.4, -0.2) is 16.5 Å². The lowest BCUT2D eigenvalue weighted by atomic mass is 10.1. The van der Waals surface area contributed by atoms with Gasteiger partial charge < -0.3 is 10.6 Å². The van der Waals surface area contributed by atoms with E-state index in [1.165, 1.54) is 16.7 Å². The molecule has 134 valence electrons. The molecular formula is C22H26N4. The molecule has 0 atom stereocenters. The second kappa shape index (κ2) is 8.48. The van der Waals surface area contributed by atoms with Crippen LogP contribution in [0.3, 0.4) is 0 Å². The highest BCUT2D eigenvalue weighted by Gasteiger charge is 2.05. The van der Waals surface area contributed by atoms with E-state index in [0.29, 0.717) is 5.95 Å². The van der Waals surface area contributed by atoms with Crippen molar-refractivity contribution in [2.75, 3.05) is 17.2 Å². The van der Waals surface area contributed by atoms with Crippen LogP contribution < -0.4 is 10.6 Å². The summed E-state index contributed by atoms with van der Waals surface area (Å²) >= 11 is 0. The molecule has 2 N–H and O–H groups in total. The van der Waals surface area contributed by atoms with Gasteiger partial charge in [-0.2, -0.15) is 4.98 Å². The molecule has 26 heavy (non-hydrogen) atoms. The van der Waals surface area contributed by atoms with Crippen LogP contribution in [0.4, 0.5) is 17.5 Å². The number of hydrogen-bond donors (Lipinski definition) is 2. The monoisotopic (exact) mass is 346 g/mol. The van der Waals surface area contributed by atoms with Gasteiger partial charge in [-0.25, -0.2) is 4.98 Å². The Hall–Kier alpha value is -2.88. The quantitative estimate of drug-likeness (QED) is 0.578. The van der Waals surface area contributed by atoms with Gasteiger partial charge in [0.2, 0.25) is 5.95 Å². The molecule has 2 aromatic carbocycles. The zero-order valence-electron chi connectivity index (χ0n) is 15.7. The average Bonchev–Trinajstić information content (AvgIpc) is 2.62. The van der Waals surface area contributed by atoms with Gasteiger partial charge >= 0.3 is 0 Å². The largest absolute Gasteiger partial charge is 0.354 e. The maximum Gasteiger partial charge on any atom is 0.224 e. The third-order valence-electron chi connectivity index (χ3n) is 4.28. The summed E-state index contributed by atoms with van der Waals surface area (Å²) in [6.07, 6.45) is 2.09. The van der Waals surface area contributed by atoms with E-state index in [4.69, 9.17) is 0 Å². The minimum absolute atomic E-state index is 0.672. The maximum atomic E-state index is 4.61. The van der Waals surface area contributed by atoms with Crippen molar-refractivity contribution in [2.24, 2.45) is 0 Å². The van der Waals surface area contributed by atoms with Crippen LogP contribution in [-0.2, 0) is 6.42 Å². The summed E-state index contributed by atoms with van der Waals surface area (Å²) in [7, 11) is 0. The highest BCUT2D eigenvalue weighted by molar-refractivity contribution is 5.62. The predicted octanol–water partition coefficient (Wildman–Crippen LogP) is 5.19. The zero-order chi connectivity index (χ0) is 18.4. The summed E-state index contributed by atoms with van der Waals surface area (Å²) in [4.78, 5) is 9.11. The number of anilines is 3. The number of nitrogens with zero attached hydrogens (tertiary/aromatic N) is 2. The molecule has 0 aliphatic rings. The Bertz CT molecular complexity index is 859. The van der Waals surface area contributed by atoms with Crippen molar-refractivity contribution < 1.29 is 0 Å². The molecule has 0 aliphatic carbocycles. The molecule has 1 heterocycles. The number of aromatic nitrogens is 2. The molecule has 0 aliphatic heterocycles. The van der Waals surface area contributed by atoms with E-state index in [0.717, 1.165) is 36.6 Å². The Balaban J connectivity index is 1.61. The van der Waals surface area contributed by atoms with E-state index in [9.17, 15) is 0 Å². The van der Waals surface area contributed by atoms with Crippen molar-refractivity contribution in [3.8, 4) is 0 Å². The summed E-state index contributed by atoms with van der Waals surface area (Å²) in [5, 5.41) is 6.77. The summed E-state index contributed by atoms with van der Waals surface area (Å²) in [5.41, 5.74) is 5.81. The smallest absolute Gasteiger partial charge is 0.224 e. The second-order valence-corrected chi connectivity index (χ2v) is 6.68. The van der Waals surface area contributed by atoms with Crippen molar-refractivity contribution in [3.05, 3.63) is 77.0 Å². The Morgan fingerprint density at radius 1 is 0.885 bits per heavy atom. The minimum atomic E-state index is 0.672. The van der Waals surface area contributed by atoms with Crippen LogP contribution in [0.1, 0.15) is 28.8 Å². The Labute approximate surface area is 155 Å². The van der Waals surface area contributed by atoms with Crippen LogP contribution >= 0.6 is 0 Å². The summed E-state index contributed by atoms with van der Waals surface area (Å²) in [5.74, 6) is 1.49. The highest BCUT2D eigenvalue weighted by atomic mass is 15.1. The molecule has 0 spiro atoms. The molecule has 4 heteroatoms. The first kappa shape index (κ1) is 17.9. The van der Waals surface area contributed by atoms with Crippen molar-refractivity contribution in [1.29, 1.82) is 0 Å². The third-order valence-corrected chi connectivity index (χ3v) is 4.28. The molecule has 0 unspecified atom stereocenters. The number of nitrogens with one attached hydrogen (secondary N) is 2. The van der Waals surface area contributed by atoms with Gasteiger partial charge in [-0.05, 0) is 56.4 Å². The van der Waals surface area contributed by atoms with E-state index in [-0.39, 0.29) is 0 Å². The number of rotatable bonds is 7. The molecule has 4 nitrogen and oxygen atoms in total. The molecule has 3 aromatic rings. The minimum Gasteiger partial charge on any atom is -0.354 e. The van der Waals surface area contributed by atoms with E-state index >= 15 is 0 Å². The second-order valence-electron chi connectivity index (χ2n) is 6.68. The van der Waals surface area contributed by atoms with Crippen molar-refractivity contribution in [1.82, 2.24) is 9.97 Å². The van der Waals surface area contributed by atoms with Gasteiger partial charge in [-0.15, -0.1) is 0 Å². The van der Waals surface area contributed by atoms with Gasteiger partial charge in [0.1, 0.15) is 5.82 Å². The Morgan fingerprint density at radius 2 is 1.69 bits per heavy atom. The molecule has 0 bridgehead atoms. The average molecular weight is 346 g/mol. The standard InChI is InChI=1S/C22H26N4/c1-16-11-12-17(2)20(14-16)25-21-15-18(3)24-22(26-21)23-13-7-10-19-8-5-4-6-9-19/h4-6,8-9,11-12,14-15H,7,10,13H2,1-3H3,(H2,23,24,25,26). The molecule has 0 amide bonds. The molecule has 3 rings (SSSR count). The molecule has 0 fully saturated rings. The number of aryl methyl sites for hydroxylation is 4. The van der Waals surface area contributed by atoms with Gasteiger partial charge in [-0.1, -0.05) is 42.5 Å². The molecule has 0 saturated carbocycles. The topological polar surface area (TPSA) is 49.8 Å². The summed E-state index contributed by atoms with van der Waals surface area (Å²) in [6, 6.07) is 18.9. The zero-order valence-corrected chi connectivity index (χ0v) is 15.7. The van der Waals surface area contributed by atoms with Crippen LogP contribution in [0, 0.1) is 20.8 Å². The van der Waals surface area contributed by atoms with E-state index in [2.05, 4.69) is 76.9 Å². The fourth-order valence-electron chi connectivity index (χ4n) is 2.86. The highest BCUT2D eigenvalue weighted by Crippen LogP contribution is 2.21. The predicted molar refractivity (Wildman–Crippen MR) is 109 cm³/mol. The van der Waals surface area contributed by atoms with Gasteiger partial charge in [0.05, 0.1) is 0 Å². The van der Waals surface area contributed by atoms with Crippen molar-refractivity contribution >= 4 is 17.5 Å².